The minimum Gasteiger partial charge on any atom is -0.481 e. The van der Waals surface area contributed by atoms with Gasteiger partial charge in [-0.25, -0.2) is 4.79 Å². The summed E-state index contributed by atoms with van der Waals surface area (Å²) >= 11 is 0. The van der Waals surface area contributed by atoms with Crippen LogP contribution in [0.3, 0.4) is 0 Å². The molecule has 1 aliphatic heterocycles. The Morgan fingerprint density at radius 2 is 1.91 bits per heavy atom. The average molecular weight is 314 g/mol. The summed E-state index contributed by atoms with van der Waals surface area (Å²) in [5.41, 5.74) is -0.828. The number of carbonyl (C=O) groups is 3. The zero-order chi connectivity index (χ0) is 16.6. The number of rotatable bonds is 8. The van der Waals surface area contributed by atoms with Gasteiger partial charge in [0.2, 0.25) is 0 Å². The number of nitrogens with zero attached hydrogens (tertiary/aromatic N) is 1. The molecule has 0 spiro atoms. The Kier molecular flexibility index (Phi) is 7.14. The van der Waals surface area contributed by atoms with Crippen LogP contribution >= 0.6 is 0 Å². The van der Waals surface area contributed by atoms with E-state index in [1.807, 2.05) is 0 Å². The second-order valence-corrected chi connectivity index (χ2v) is 6.01. The average Bonchev–Trinajstić information content (AvgIpc) is 2.89. The first kappa shape index (κ1) is 18.3. The van der Waals surface area contributed by atoms with Gasteiger partial charge in [-0.2, -0.15) is 0 Å². The van der Waals surface area contributed by atoms with E-state index in [4.69, 9.17) is 5.11 Å². The van der Waals surface area contributed by atoms with Crippen molar-refractivity contribution in [2.45, 2.75) is 45.4 Å². The number of methoxy groups -OCH3 is 1. The van der Waals surface area contributed by atoms with Crippen LogP contribution in [0, 0.1) is 5.41 Å². The van der Waals surface area contributed by atoms with E-state index >= 15 is 0 Å². The minimum absolute atomic E-state index is 0.191. The predicted octanol–water partition coefficient (Wildman–Crippen LogP) is 1.62. The van der Waals surface area contributed by atoms with Gasteiger partial charge in [0.15, 0.2) is 0 Å². The maximum atomic E-state index is 11.9. The van der Waals surface area contributed by atoms with Crippen molar-refractivity contribution in [1.29, 1.82) is 0 Å². The SMILES string of the molecule is COC(=O)CCCCCCNC(=O)N1CCC(C)(C(=O)O)C1. The van der Waals surface area contributed by atoms with Crippen LogP contribution in [0.5, 0.6) is 0 Å². The normalized spacial score (nSPS) is 20.7. The highest BCUT2D eigenvalue weighted by Crippen LogP contribution is 2.29. The number of likely N-dealkylation sites (tertiary alicyclic amines) is 1. The largest absolute Gasteiger partial charge is 0.481 e. The van der Waals surface area contributed by atoms with Crippen molar-refractivity contribution in [1.82, 2.24) is 10.2 Å². The Bertz CT molecular complexity index is 413. The maximum absolute atomic E-state index is 11.9. The van der Waals surface area contributed by atoms with Gasteiger partial charge in [-0.1, -0.05) is 12.8 Å². The summed E-state index contributed by atoms with van der Waals surface area (Å²) in [5.74, 6) is -1.04. The summed E-state index contributed by atoms with van der Waals surface area (Å²) in [6.07, 6.45) is 4.42. The first-order valence-corrected chi connectivity index (χ1v) is 7.72. The third kappa shape index (κ3) is 5.54. The van der Waals surface area contributed by atoms with Gasteiger partial charge in [0.1, 0.15) is 0 Å². The number of carboxylic acid groups (broad SMARTS) is 1. The zero-order valence-corrected chi connectivity index (χ0v) is 13.4. The molecule has 0 aromatic carbocycles. The number of esters is 1. The van der Waals surface area contributed by atoms with Crippen molar-refractivity contribution in [2.24, 2.45) is 5.41 Å². The second kappa shape index (κ2) is 8.60. The first-order chi connectivity index (χ1) is 10.4. The lowest BCUT2D eigenvalue weighted by Crippen LogP contribution is -2.41. The van der Waals surface area contributed by atoms with Gasteiger partial charge in [0, 0.05) is 26.1 Å². The van der Waals surface area contributed by atoms with Crippen molar-refractivity contribution >= 4 is 18.0 Å². The van der Waals surface area contributed by atoms with E-state index in [2.05, 4.69) is 10.1 Å². The Morgan fingerprint density at radius 1 is 1.23 bits per heavy atom. The van der Waals surface area contributed by atoms with Crippen LogP contribution < -0.4 is 5.32 Å². The lowest BCUT2D eigenvalue weighted by molar-refractivity contribution is -0.147. The number of carboxylic acids is 1. The topological polar surface area (TPSA) is 95.9 Å². The van der Waals surface area contributed by atoms with Crippen LogP contribution in [0.25, 0.3) is 0 Å². The molecule has 22 heavy (non-hydrogen) atoms. The molecule has 0 aromatic rings. The fourth-order valence-electron chi connectivity index (χ4n) is 2.47. The highest BCUT2D eigenvalue weighted by Gasteiger charge is 2.42. The van der Waals surface area contributed by atoms with Gasteiger partial charge < -0.3 is 20.1 Å². The number of urea groups is 1. The molecular formula is C15H26N2O5. The summed E-state index contributed by atoms with van der Waals surface area (Å²) in [6.45, 7) is 2.97. The summed E-state index contributed by atoms with van der Waals surface area (Å²) in [7, 11) is 1.38. The maximum Gasteiger partial charge on any atom is 0.317 e. The smallest absolute Gasteiger partial charge is 0.317 e. The molecule has 1 aliphatic rings. The third-order valence-electron chi connectivity index (χ3n) is 4.09. The number of nitrogens with one attached hydrogen (secondary N) is 1. The van der Waals surface area contributed by atoms with Crippen LogP contribution in [-0.4, -0.2) is 54.7 Å². The Labute approximate surface area is 131 Å². The fourth-order valence-corrected chi connectivity index (χ4v) is 2.47. The fraction of sp³-hybridized carbons (Fsp3) is 0.800. The molecule has 7 heteroatoms. The van der Waals surface area contributed by atoms with Crippen molar-refractivity contribution in [3.8, 4) is 0 Å². The van der Waals surface area contributed by atoms with E-state index < -0.39 is 11.4 Å². The van der Waals surface area contributed by atoms with Gasteiger partial charge in [-0.3, -0.25) is 9.59 Å². The molecule has 2 N–H and O–H groups in total. The zero-order valence-electron chi connectivity index (χ0n) is 13.4. The quantitative estimate of drug-likeness (QED) is 0.524. The van der Waals surface area contributed by atoms with Gasteiger partial charge >= 0.3 is 18.0 Å². The number of ether oxygens (including phenoxy) is 1. The number of amides is 2. The van der Waals surface area contributed by atoms with E-state index in [9.17, 15) is 14.4 Å². The van der Waals surface area contributed by atoms with Gasteiger partial charge in [0.05, 0.1) is 12.5 Å². The summed E-state index contributed by atoms with van der Waals surface area (Å²) in [6, 6.07) is -0.195. The Balaban J connectivity index is 2.10. The molecule has 1 heterocycles. The molecule has 1 atom stereocenters. The molecular weight excluding hydrogens is 288 g/mol. The van der Waals surface area contributed by atoms with Crippen molar-refractivity contribution in [3.63, 3.8) is 0 Å². The Hall–Kier alpha value is -1.79. The summed E-state index contributed by atoms with van der Waals surface area (Å²) in [5, 5.41) is 11.9. The van der Waals surface area contributed by atoms with Crippen LogP contribution in [0.15, 0.2) is 0 Å². The minimum atomic E-state index is -0.853. The highest BCUT2D eigenvalue weighted by molar-refractivity contribution is 5.79. The molecule has 126 valence electrons. The van der Waals surface area contributed by atoms with Crippen LogP contribution in [0.1, 0.15) is 45.4 Å². The number of aliphatic carboxylic acids is 1. The molecule has 2 amide bonds. The van der Waals surface area contributed by atoms with E-state index in [1.54, 1.807) is 11.8 Å². The van der Waals surface area contributed by atoms with Crippen molar-refractivity contribution in [3.05, 3.63) is 0 Å². The van der Waals surface area contributed by atoms with E-state index in [0.717, 1.165) is 25.7 Å². The number of hydrogen-bond donors (Lipinski definition) is 2. The van der Waals surface area contributed by atoms with E-state index in [0.29, 0.717) is 25.9 Å². The predicted molar refractivity (Wildman–Crippen MR) is 80.4 cm³/mol. The molecule has 0 bridgehead atoms. The Morgan fingerprint density at radius 3 is 2.50 bits per heavy atom. The molecule has 0 saturated carbocycles. The molecule has 0 aliphatic carbocycles. The van der Waals surface area contributed by atoms with E-state index in [1.165, 1.54) is 7.11 Å². The lowest BCUT2D eigenvalue weighted by Gasteiger charge is -2.20. The highest BCUT2D eigenvalue weighted by atomic mass is 16.5. The number of hydrogen-bond acceptors (Lipinski definition) is 4. The molecule has 0 aromatic heterocycles. The molecule has 1 fully saturated rings. The molecule has 1 saturated heterocycles. The standard InChI is InChI=1S/C15H26N2O5/c1-15(13(19)20)8-10-17(11-15)14(21)16-9-6-4-3-5-7-12(18)22-2/h3-11H2,1-2H3,(H,16,21)(H,19,20). The summed E-state index contributed by atoms with van der Waals surface area (Å²) < 4.78 is 4.56. The van der Waals surface area contributed by atoms with Gasteiger partial charge in [0.25, 0.3) is 0 Å². The summed E-state index contributed by atoms with van der Waals surface area (Å²) in [4.78, 5) is 35.5. The number of carbonyl (C=O) groups excluding carboxylic acids is 2. The van der Waals surface area contributed by atoms with Crippen molar-refractivity contribution < 1.29 is 24.2 Å². The van der Waals surface area contributed by atoms with E-state index in [-0.39, 0.29) is 18.5 Å². The van der Waals surface area contributed by atoms with Crippen LogP contribution in [0.4, 0.5) is 4.79 Å². The second-order valence-electron chi connectivity index (χ2n) is 6.01. The van der Waals surface area contributed by atoms with Crippen LogP contribution in [0.2, 0.25) is 0 Å². The van der Waals surface area contributed by atoms with Crippen molar-refractivity contribution in [2.75, 3.05) is 26.7 Å². The first-order valence-electron chi connectivity index (χ1n) is 7.72. The lowest BCUT2D eigenvalue weighted by atomic mass is 9.90. The van der Waals surface area contributed by atoms with Crippen LogP contribution in [-0.2, 0) is 14.3 Å². The third-order valence-corrected chi connectivity index (χ3v) is 4.09. The number of unbranched alkanes of at least 4 members (excludes halogenated alkanes) is 3. The molecule has 7 nitrogen and oxygen atoms in total. The molecule has 1 rings (SSSR count). The van der Waals surface area contributed by atoms with Gasteiger partial charge in [-0.15, -0.1) is 0 Å². The molecule has 0 radical (unpaired) electrons. The van der Waals surface area contributed by atoms with Gasteiger partial charge in [-0.05, 0) is 26.2 Å². The monoisotopic (exact) mass is 314 g/mol. The molecule has 1 unspecified atom stereocenters.